The summed E-state index contributed by atoms with van der Waals surface area (Å²) in [5, 5.41) is 3.61. The third-order valence-electron chi connectivity index (χ3n) is 3.80. The van der Waals surface area contributed by atoms with Crippen LogP contribution in [0.1, 0.15) is 39.0 Å². The van der Waals surface area contributed by atoms with Gasteiger partial charge in [-0.15, -0.1) is 0 Å². The van der Waals surface area contributed by atoms with Crippen LogP contribution in [0.15, 0.2) is 24.3 Å². The molecule has 29 heavy (non-hydrogen) atoms. The molecule has 0 aliphatic carbocycles. The summed E-state index contributed by atoms with van der Waals surface area (Å²) in [7, 11) is 0. The quantitative estimate of drug-likeness (QED) is 0.814. The molecule has 0 fully saturated rings. The second-order valence-electron chi connectivity index (χ2n) is 6.19. The Morgan fingerprint density at radius 1 is 1.28 bits per heavy atom. The Bertz CT molecular complexity index is 949. The minimum absolute atomic E-state index is 0.0206. The number of fused-ring (bicyclic) bond motifs is 1. The highest BCUT2D eigenvalue weighted by Crippen LogP contribution is 2.30. The predicted octanol–water partition coefficient (Wildman–Crippen LogP) is 2.43. The van der Waals surface area contributed by atoms with Crippen molar-refractivity contribution in [3.05, 3.63) is 46.8 Å². The second kappa shape index (κ2) is 7.94. The molecule has 0 atom stereocenters. The Labute approximate surface area is 163 Å². The molecule has 1 aliphatic rings. The van der Waals surface area contributed by atoms with Gasteiger partial charge in [0.1, 0.15) is 5.69 Å². The number of carbonyl (C=O) groups excluding carboxylic acids is 2. The number of hydrogen-bond donors (Lipinski definition) is 1. The van der Waals surface area contributed by atoms with Crippen LogP contribution in [-0.4, -0.2) is 46.2 Å². The first-order valence-corrected chi connectivity index (χ1v) is 8.62. The molecule has 3 rings (SSSR count). The van der Waals surface area contributed by atoms with Crippen molar-refractivity contribution in [1.82, 2.24) is 20.3 Å². The first-order chi connectivity index (χ1) is 13.7. The molecule has 0 bridgehead atoms. The van der Waals surface area contributed by atoms with Gasteiger partial charge in [0.15, 0.2) is 6.61 Å². The van der Waals surface area contributed by atoms with Gasteiger partial charge in [-0.1, -0.05) is 0 Å². The molecule has 1 N–H and O–H groups in total. The van der Waals surface area contributed by atoms with Crippen molar-refractivity contribution in [2.75, 3.05) is 13.2 Å². The maximum Gasteiger partial charge on any atom is 0.422 e. The Morgan fingerprint density at radius 2 is 2.03 bits per heavy atom. The van der Waals surface area contributed by atoms with Gasteiger partial charge in [-0.25, -0.2) is 4.98 Å². The van der Waals surface area contributed by atoms with Gasteiger partial charge >= 0.3 is 6.18 Å². The van der Waals surface area contributed by atoms with Crippen LogP contribution in [-0.2, 0) is 6.54 Å². The van der Waals surface area contributed by atoms with Gasteiger partial charge in [0.2, 0.25) is 5.88 Å². The van der Waals surface area contributed by atoms with Crippen LogP contribution in [0.25, 0.3) is 0 Å². The van der Waals surface area contributed by atoms with Crippen molar-refractivity contribution < 1.29 is 32.3 Å². The van der Waals surface area contributed by atoms with Crippen LogP contribution in [0.5, 0.6) is 11.8 Å². The molecule has 0 radical (unpaired) electrons. The Kier molecular flexibility index (Phi) is 5.57. The molecule has 0 unspecified atom stereocenters. The van der Waals surface area contributed by atoms with Crippen molar-refractivity contribution >= 4 is 11.8 Å². The van der Waals surface area contributed by atoms with Crippen molar-refractivity contribution in [1.29, 1.82) is 0 Å². The average Bonchev–Trinajstić information content (AvgIpc) is 3.08. The number of carbonyl (C=O) groups is 2. The predicted molar refractivity (Wildman–Crippen MR) is 93.3 cm³/mol. The summed E-state index contributed by atoms with van der Waals surface area (Å²) in [6.07, 6.45) is -4.50. The van der Waals surface area contributed by atoms with Gasteiger partial charge in [-0.05, 0) is 32.0 Å². The molecule has 0 aromatic carbocycles. The minimum Gasteiger partial charge on any atom is -0.468 e. The van der Waals surface area contributed by atoms with Crippen molar-refractivity contribution in [2.24, 2.45) is 0 Å². The molecular weight excluding hydrogens is 393 g/mol. The molecule has 0 saturated carbocycles. The lowest BCUT2D eigenvalue weighted by Gasteiger charge is -2.15. The lowest BCUT2D eigenvalue weighted by Crippen LogP contribution is -2.30. The Morgan fingerprint density at radius 3 is 2.72 bits per heavy atom. The van der Waals surface area contributed by atoms with Crippen molar-refractivity contribution in [2.45, 2.75) is 26.6 Å². The number of alkyl halides is 3. The zero-order valence-electron chi connectivity index (χ0n) is 15.5. The highest BCUT2D eigenvalue weighted by Gasteiger charge is 2.31. The van der Waals surface area contributed by atoms with Gasteiger partial charge in [0, 0.05) is 29.4 Å². The summed E-state index contributed by atoms with van der Waals surface area (Å²) in [5.74, 6) is -1.25. The fourth-order valence-corrected chi connectivity index (χ4v) is 2.60. The van der Waals surface area contributed by atoms with Crippen LogP contribution in [0, 0.1) is 6.92 Å². The maximum atomic E-state index is 12.8. The number of ether oxygens (including phenoxy) is 1. The normalized spacial score (nSPS) is 12.9. The maximum absolute atomic E-state index is 12.8. The van der Waals surface area contributed by atoms with Crippen LogP contribution in [0.4, 0.5) is 13.2 Å². The average molecular weight is 410 g/mol. The standard InChI is InChI=1S/C18H17F3N4O4/c1-3-22-15(26)13-7-12(6-10(2)23-13)17(27)25-8-11-4-5-14(24-16(11)29-25)28-9-18(19,20)21/h4-7H,3,8-9H2,1-2H3,(H,22,26). The first kappa shape index (κ1) is 20.4. The molecule has 2 aromatic heterocycles. The molecule has 2 amide bonds. The highest BCUT2D eigenvalue weighted by molar-refractivity contribution is 5.98. The highest BCUT2D eigenvalue weighted by atomic mass is 19.4. The SMILES string of the molecule is CCNC(=O)c1cc(C(=O)N2Cc3ccc(OCC(F)(F)F)nc3O2)cc(C)n1. The number of hydrogen-bond acceptors (Lipinski definition) is 6. The summed E-state index contributed by atoms with van der Waals surface area (Å²) < 4.78 is 41.4. The molecule has 8 nitrogen and oxygen atoms in total. The van der Waals surface area contributed by atoms with Gasteiger partial charge < -0.3 is 14.9 Å². The second-order valence-corrected chi connectivity index (χ2v) is 6.19. The lowest BCUT2D eigenvalue weighted by atomic mass is 10.1. The van der Waals surface area contributed by atoms with E-state index in [1.807, 2.05) is 0 Å². The van der Waals surface area contributed by atoms with Crippen LogP contribution in [0.2, 0.25) is 0 Å². The molecular formula is C18H17F3N4O4. The monoisotopic (exact) mass is 410 g/mol. The van der Waals surface area contributed by atoms with E-state index < -0.39 is 24.6 Å². The van der Waals surface area contributed by atoms with Gasteiger partial charge in [0.25, 0.3) is 17.7 Å². The molecule has 11 heteroatoms. The van der Waals surface area contributed by atoms with E-state index in [-0.39, 0.29) is 29.6 Å². The van der Waals surface area contributed by atoms with Crippen molar-refractivity contribution in [3.63, 3.8) is 0 Å². The topological polar surface area (TPSA) is 93.7 Å². The number of rotatable bonds is 5. The van der Waals surface area contributed by atoms with E-state index in [2.05, 4.69) is 20.0 Å². The van der Waals surface area contributed by atoms with Gasteiger partial charge in [-0.2, -0.15) is 23.2 Å². The molecule has 2 aromatic rings. The zero-order valence-corrected chi connectivity index (χ0v) is 15.5. The molecule has 0 spiro atoms. The number of nitrogens with one attached hydrogen (secondary N) is 1. The van der Waals surface area contributed by atoms with Crippen LogP contribution in [0.3, 0.4) is 0 Å². The number of nitrogens with zero attached hydrogens (tertiary/aromatic N) is 3. The number of hydroxylamine groups is 2. The fraction of sp³-hybridized carbons (Fsp3) is 0.333. The summed E-state index contributed by atoms with van der Waals surface area (Å²) in [5.41, 5.74) is 1.25. The van der Waals surface area contributed by atoms with E-state index in [4.69, 9.17) is 4.84 Å². The minimum atomic E-state index is -4.50. The largest absolute Gasteiger partial charge is 0.468 e. The third-order valence-corrected chi connectivity index (χ3v) is 3.80. The fourth-order valence-electron chi connectivity index (χ4n) is 2.60. The number of aryl methyl sites for hydroxylation is 1. The number of pyridine rings is 2. The summed E-state index contributed by atoms with van der Waals surface area (Å²) in [6, 6.07) is 5.59. The molecule has 1 aliphatic heterocycles. The summed E-state index contributed by atoms with van der Waals surface area (Å²) in [4.78, 5) is 38.1. The number of halogens is 3. The summed E-state index contributed by atoms with van der Waals surface area (Å²) >= 11 is 0. The molecule has 154 valence electrons. The van der Waals surface area contributed by atoms with Crippen LogP contribution < -0.4 is 14.9 Å². The van der Waals surface area contributed by atoms with E-state index in [0.29, 0.717) is 17.8 Å². The third kappa shape index (κ3) is 4.92. The molecule has 3 heterocycles. The van der Waals surface area contributed by atoms with E-state index in [0.717, 1.165) is 5.06 Å². The first-order valence-electron chi connectivity index (χ1n) is 8.62. The van der Waals surface area contributed by atoms with E-state index in [1.54, 1.807) is 13.8 Å². The summed E-state index contributed by atoms with van der Waals surface area (Å²) in [6.45, 7) is 2.37. The van der Waals surface area contributed by atoms with E-state index >= 15 is 0 Å². The smallest absolute Gasteiger partial charge is 0.422 e. The van der Waals surface area contributed by atoms with E-state index in [9.17, 15) is 22.8 Å². The Hall–Kier alpha value is -3.37. The van der Waals surface area contributed by atoms with Gasteiger partial charge in [0.05, 0.1) is 6.54 Å². The number of amides is 2. The molecule has 0 saturated heterocycles. The Balaban J connectivity index is 1.75. The van der Waals surface area contributed by atoms with E-state index in [1.165, 1.54) is 24.3 Å². The number of aromatic nitrogens is 2. The zero-order chi connectivity index (χ0) is 21.2. The van der Waals surface area contributed by atoms with Gasteiger partial charge in [-0.3, -0.25) is 9.59 Å². The lowest BCUT2D eigenvalue weighted by molar-refractivity contribution is -0.154. The van der Waals surface area contributed by atoms with Crippen LogP contribution >= 0.6 is 0 Å². The van der Waals surface area contributed by atoms with Crippen molar-refractivity contribution in [3.8, 4) is 11.8 Å².